The van der Waals surface area contributed by atoms with Crippen molar-refractivity contribution in [2.75, 3.05) is 13.1 Å². The second kappa shape index (κ2) is 4.46. The van der Waals surface area contributed by atoms with E-state index in [0.29, 0.717) is 5.56 Å². The maximum Gasteiger partial charge on any atom is 0.309 e. The van der Waals surface area contributed by atoms with Gasteiger partial charge < -0.3 is 5.11 Å². The number of hydrogen-bond donors (Lipinski definition) is 1. The molecule has 1 aromatic rings. The van der Waals surface area contributed by atoms with Gasteiger partial charge in [-0.05, 0) is 5.56 Å². The molecule has 1 aromatic carbocycles. The summed E-state index contributed by atoms with van der Waals surface area (Å²) >= 11 is 0. The van der Waals surface area contributed by atoms with E-state index in [1.807, 2.05) is 6.07 Å². The van der Waals surface area contributed by atoms with Gasteiger partial charge in [-0.3, -0.25) is 4.79 Å². The van der Waals surface area contributed by atoms with Gasteiger partial charge >= 0.3 is 5.97 Å². The van der Waals surface area contributed by atoms with Crippen molar-refractivity contribution in [3.63, 3.8) is 0 Å². The summed E-state index contributed by atoms with van der Waals surface area (Å²) in [5.41, 5.74) is 0.714. The number of nitrogens with zero attached hydrogens (tertiary/aromatic N) is 1. The van der Waals surface area contributed by atoms with Crippen LogP contribution in [0.2, 0.25) is 0 Å². The Bertz CT molecular complexity index is 506. The normalized spacial score (nSPS) is 17.6. The average Bonchev–Trinajstić information content (AvgIpc) is 2.14. The predicted molar refractivity (Wildman–Crippen MR) is 61.8 cm³/mol. The second-order valence-electron chi connectivity index (χ2n) is 4.09. The van der Waals surface area contributed by atoms with Gasteiger partial charge in [-0.1, -0.05) is 30.3 Å². The van der Waals surface area contributed by atoms with Crippen LogP contribution >= 0.6 is 0 Å². The van der Waals surface area contributed by atoms with E-state index in [4.69, 9.17) is 5.11 Å². The third-order valence-electron chi connectivity index (χ3n) is 2.78. The van der Waals surface area contributed by atoms with Crippen molar-refractivity contribution in [1.82, 2.24) is 4.31 Å². The number of aliphatic carboxylic acids is 1. The largest absolute Gasteiger partial charge is 0.481 e. The molecule has 1 aliphatic heterocycles. The third kappa shape index (κ3) is 2.65. The molecule has 0 amide bonds. The summed E-state index contributed by atoms with van der Waals surface area (Å²) in [4.78, 5) is 10.6. The molecule has 5 nitrogen and oxygen atoms in total. The molecule has 0 bridgehead atoms. The standard InChI is InChI=1S/C11H13NO4S/c13-11(14)10-6-12(7-10)17(15,16)8-9-4-2-1-3-5-9/h1-5,10H,6-8H2,(H,13,14). The SMILES string of the molecule is O=C(O)C1CN(S(=O)(=O)Cc2ccccc2)C1. The summed E-state index contributed by atoms with van der Waals surface area (Å²) in [6, 6.07) is 8.86. The van der Waals surface area contributed by atoms with Crippen molar-refractivity contribution in [3.8, 4) is 0 Å². The zero-order chi connectivity index (χ0) is 12.5. The van der Waals surface area contributed by atoms with Crippen molar-refractivity contribution < 1.29 is 18.3 Å². The fraction of sp³-hybridized carbons (Fsp3) is 0.364. The highest BCUT2D eigenvalue weighted by Crippen LogP contribution is 2.22. The molecular weight excluding hydrogens is 242 g/mol. The van der Waals surface area contributed by atoms with Gasteiger partial charge in [-0.25, -0.2) is 8.42 Å². The number of rotatable bonds is 4. The molecule has 0 aliphatic carbocycles. The van der Waals surface area contributed by atoms with Crippen molar-refractivity contribution in [2.24, 2.45) is 5.92 Å². The Balaban J connectivity index is 2.00. The summed E-state index contributed by atoms with van der Waals surface area (Å²) in [5.74, 6) is -1.56. The molecule has 17 heavy (non-hydrogen) atoms. The molecule has 2 rings (SSSR count). The van der Waals surface area contributed by atoms with Crippen LogP contribution in [0.15, 0.2) is 30.3 Å². The Kier molecular flexibility index (Phi) is 3.17. The van der Waals surface area contributed by atoms with Crippen LogP contribution in [0.3, 0.4) is 0 Å². The van der Waals surface area contributed by atoms with Gasteiger partial charge in [0.05, 0.1) is 11.7 Å². The first kappa shape index (κ1) is 12.1. The number of sulfonamides is 1. The van der Waals surface area contributed by atoms with E-state index in [1.165, 1.54) is 4.31 Å². The van der Waals surface area contributed by atoms with Gasteiger partial charge in [0, 0.05) is 13.1 Å². The van der Waals surface area contributed by atoms with Crippen LogP contribution < -0.4 is 0 Å². The number of benzene rings is 1. The van der Waals surface area contributed by atoms with E-state index >= 15 is 0 Å². The second-order valence-corrected chi connectivity index (χ2v) is 6.06. The minimum atomic E-state index is -3.37. The highest BCUT2D eigenvalue weighted by molar-refractivity contribution is 7.88. The van der Waals surface area contributed by atoms with Crippen LogP contribution in [-0.2, 0) is 20.6 Å². The molecule has 0 unspecified atom stereocenters. The molecule has 0 radical (unpaired) electrons. The molecule has 1 heterocycles. The Morgan fingerprint density at radius 3 is 2.41 bits per heavy atom. The van der Waals surface area contributed by atoms with Crippen LogP contribution in [0.1, 0.15) is 5.56 Å². The van der Waals surface area contributed by atoms with Gasteiger partial charge in [0.15, 0.2) is 0 Å². The van der Waals surface area contributed by atoms with E-state index < -0.39 is 21.9 Å². The van der Waals surface area contributed by atoms with Gasteiger partial charge in [0.25, 0.3) is 0 Å². The monoisotopic (exact) mass is 255 g/mol. The highest BCUT2D eigenvalue weighted by atomic mass is 32.2. The molecule has 0 aromatic heterocycles. The van der Waals surface area contributed by atoms with E-state index in [-0.39, 0.29) is 18.8 Å². The number of hydrogen-bond acceptors (Lipinski definition) is 3. The summed E-state index contributed by atoms with van der Waals surface area (Å²) in [6.45, 7) is 0.176. The van der Waals surface area contributed by atoms with E-state index in [0.717, 1.165) is 0 Å². The van der Waals surface area contributed by atoms with Crippen LogP contribution in [-0.4, -0.2) is 36.9 Å². The molecule has 92 valence electrons. The summed E-state index contributed by atoms with van der Waals surface area (Å²) in [6.07, 6.45) is 0. The lowest BCUT2D eigenvalue weighted by Crippen LogP contribution is -2.53. The molecule has 1 N–H and O–H groups in total. The van der Waals surface area contributed by atoms with Crippen molar-refractivity contribution >= 4 is 16.0 Å². The molecule has 1 saturated heterocycles. The number of carbonyl (C=O) groups is 1. The van der Waals surface area contributed by atoms with Crippen LogP contribution in [0.5, 0.6) is 0 Å². The summed E-state index contributed by atoms with van der Waals surface area (Å²) in [5, 5.41) is 8.68. The van der Waals surface area contributed by atoms with Gasteiger partial charge in [0.2, 0.25) is 10.0 Å². The lowest BCUT2D eigenvalue weighted by atomic mass is 10.0. The van der Waals surface area contributed by atoms with Crippen molar-refractivity contribution in [3.05, 3.63) is 35.9 Å². The number of carboxylic acids is 1. The van der Waals surface area contributed by atoms with Gasteiger partial charge in [0.1, 0.15) is 0 Å². The molecule has 0 spiro atoms. The zero-order valence-corrected chi connectivity index (χ0v) is 9.93. The lowest BCUT2D eigenvalue weighted by Gasteiger charge is -2.35. The minimum absolute atomic E-state index is 0.0693. The topological polar surface area (TPSA) is 74.7 Å². The first-order chi connectivity index (χ1) is 7.99. The highest BCUT2D eigenvalue weighted by Gasteiger charge is 2.39. The van der Waals surface area contributed by atoms with E-state index in [9.17, 15) is 13.2 Å². The Morgan fingerprint density at radius 2 is 1.88 bits per heavy atom. The maximum absolute atomic E-state index is 11.9. The predicted octanol–water partition coefficient (Wildman–Crippen LogP) is 0.533. The Morgan fingerprint density at radius 1 is 1.29 bits per heavy atom. The van der Waals surface area contributed by atoms with Crippen LogP contribution in [0.4, 0.5) is 0 Å². The smallest absolute Gasteiger partial charge is 0.309 e. The molecule has 0 saturated carbocycles. The molecule has 6 heteroatoms. The van der Waals surface area contributed by atoms with E-state index in [1.54, 1.807) is 24.3 Å². The third-order valence-corrected chi connectivity index (χ3v) is 4.57. The fourth-order valence-electron chi connectivity index (χ4n) is 1.70. The van der Waals surface area contributed by atoms with Crippen molar-refractivity contribution in [2.45, 2.75) is 5.75 Å². The summed E-state index contributed by atoms with van der Waals surface area (Å²) < 4.78 is 25.0. The van der Waals surface area contributed by atoms with Crippen molar-refractivity contribution in [1.29, 1.82) is 0 Å². The molecule has 1 aliphatic rings. The molecule has 1 fully saturated rings. The molecule has 0 atom stereocenters. The maximum atomic E-state index is 11.9. The lowest BCUT2D eigenvalue weighted by molar-refractivity contribution is -0.145. The average molecular weight is 255 g/mol. The van der Waals surface area contributed by atoms with Gasteiger partial charge in [-0.15, -0.1) is 0 Å². The first-order valence-electron chi connectivity index (χ1n) is 5.23. The summed E-state index contributed by atoms with van der Waals surface area (Å²) in [7, 11) is -3.37. The van der Waals surface area contributed by atoms with E-state index in [2.05, 4.69) is 0 Å². The Labute approximate surface area is 99.7 Å². The zero-order valence-electron chi connectivity index (χ0n) is 9.11. The van der Waals surface area contributed by atoms with Crippen LogP contribution in [0, 0.1) is 5.92 Å². The Hall–Kier alpha value is -1.40. The first-order valence-corrected chi connectivity index (χ1v) is 6.84. The fourth-order valence-corrected chi connectivity index (χ4v) is 3.31. The number of carboxylic acid groups (broad SMARTS) is 1. The minimum Gasteiger partial charge on any atom is -0.481 e. The van der Waals surface area contributed by atoms with Gasteiger partial charge in [-0.2, -0.15) is 4.31 Å². The molecular formula is C11H13NO4S. The quantitative estimate of drug-likeness (QED) is 0.851. The van der Waals surface area contributed by atoms with Crippen LogP contribution in [0.25, 0.3) is 0 Å².